The van der Waals surface area contributed by atoms with Crippen molar-refractivity contribution in [1.29, 1.82) is 5.26 Å². The predicted octanol–water partition coefficient (Wildman–Crippen LogP) is 6.16. The second-order valence-corrected chi connectivity index (χ2v) is 8.32. The van der Waals surface area contributed by atoms with E-state index in [1.165, 1.54) is 14.0 Å². The van der Waals surface area contributed by atoms with Gasteiger partial charge in [-0.15, -0.1) is 0 Å². The summed E-state index contributed by atoms with van der Waals surface area (Å²) in [5, 5.41) is 20.6. The number of ether oxygens (including phenoxy) is 1. The number of carboxylic acid groups (broad SMARTS) is 1. The number of hydrogen-bond acceptors (Lipinski definition) is 4. The van der Waals surface area contributed by atoms with Gasteiger partial charge in [-0.3, -0.25) is 9.79 Å². The quantitative estimate of drug-likeness (QED) is 0.506. The van der Waals surface area contributed by atoms with E-state index in [1.54, 1.807) is 31.2 Å². The predicted molar refractivity (Wildman–Crippen MR) is 117 cm³/mol. The highest BCUT2D eigenvalue weighted by Gasteiger charge is 2.60. The Balaban J connectivity index is 2.46. The number of aliphatic imine (C=N–C) groups is 1. The Morgan fingerprint density at radius 2 is 1.91 bits per heavy atom. The third-order valence-electron chi connectivity index (χ3n) is 6.45. The molecule has 0 saturated carbocycles. The van der Waals surface area contributed by atoms with Gasteiger partial charge in [0.05, 0.1) is 30.7 Å². The van der Waals surface area contributed by atoms with Crippen LogP contribution in [0.3, 0.4) is 0 Å². The molecule has 180 valence electrons. The normalized spacial score (nSPS) is 24.8. The lowest BCUT2D eigenvalue weighted by molar-refractivity contribution is -0.155. The number of nitriles is 1. The van der Waals surface area contributed by atoms with Gasteiger partial charge >= 0.3 is 12.1 Å². The zero-order chi connectivity index (χ0) is 25.3. The fourth-order valence-corrected chi connectivity index (χ4v) is 5.08. The third-order valence-corrected chi connectivity index (χ3v) is 6.45. The number of benzene rings is 2. The molecule has 9 heteroatoms. The highest BCUT2D eigenvalue weighted by Crippen LogP contribution is 2.59. The van der Waals surface area contributed by atoms with Crippen LogP contribution in [0.2, 0.25) is 0 Å². The van der Waals surface area contributed by atoms with Crippen molar-refractivity contribution in [2.75, 3.05) is 7.11 Å². The first-order valence-corrected chi connectivity index (χ1v) is 10.7. The number of para-hydroxylation sites is 1. The molecule has 0 saturated heterocycles. The zero-order valence-electron chi connectivity index (χ0n) is 18.9. The molecule has 2 aromatic rings. The van der Waals surface area contributed by atoms with E-state index in [0.717, 1.165) is 12.1 Å². The molecular weight excluding hydrogens is 452 g/mol. The van der Waals surface area contributed by atoms with Crippen molar-refractivity contribution in [2.45, 2.75) is 44.8 Å². The fraction of sp³-hybridized carbons (Fsp3) is 0.400. The Bertz CT molecular complexity index is 1160. The van der Waals surface area contributed by atoms with Gasteiger partial charge in [0.25, 0.3) is 0 Å². The number of alkyl halides is 3. The minimum absolute atomic E-state index is 0.0701. The van der Waals surface area contributed by atoms with Crippen molar-refractivity contribution in [3.63, 3.8) is 0 Å². The van der Waals surface area contributed by atoms with E-state index in [2.05, 4.69) is 4.99 Å². The number of aliphatic carboxylic acids is 1. The molecule has 5 nitrogen and oxygen atoms in total. The molecule has 0 spiro atoms. The minimum atomic E-state index is -4.96. The smallest absolute Gasteiger partial charge is 0.416 e. The van der Waals surface area contributed by atoms with E-state index in [4.69, 9.17) is 4.74 Å². The Labute approximate surface area is 194 Å². The molecule has 1 aliphatic rings. The molecule has 4 unspecified atom stereocenters. The van der Waals surface area contributed by atoms with Gasteiger partial charge in [0, 0.05) is 17.2 Å². The first-order valence-electron chi connectivity index (χ1n) is 10.7. The maximum absolute atomic E-state index is 14.0. The summed E-state index contributed by atoms with van der Waals surface area (Å²) in [6, 6.07) is 9.56. The molecule has 34 heavy (non-hydrogen) atoms. The van der Waals surface area contributed by atoms with Gasteiger partial charge in [-0.1, -0.05) is 37.6 Å². The average Bonchev–Trinajstić information content (AvgIpc) is 2.79. The Kier molecular flexibility index (Phi) is 7.01. The molecule has 3 rings (SSSR count). The van der Waals surface area contributed by atoms with E-state index < -0.39 is 52.4 Å². The lowest BCUT2D eigenvalue weighted by Gasteiger charge is -2.47. The number of rotatable bonds is 6. The first kappa shape index (κ1) is 25.2. The summed E-state index contributed by atoms with van der Waals surface area (Å²) in [5.74, 6) is -4.87. The van der Waals surface area contributed by atoms with Gasteiger partial charge in [-0.05, 0) is 37.1 Å². The third kappa shape index (κ3) is 4.13. The highest BCUT2D eigenvalue weighted by molar-refractivity contribution is 5.92. The molecule has 1 N–H and O–H groups in total. The highest BCUT2D eigenvalue weighted by atomic mass is 19.4. The summed E-state index contributed by atoms with van der Waals surface area (Å²) in [7, 11) is 1.40. The van der Waals surface area contributed by atoms with E-state index in [9.17, 15) is 32.7 Å². The fourth-order valence-electron chi connectivity index (χ4n) is 5.08. The number of carboxylic acids is 1. The minimum Gasteiger partial charge on any atom is -0.496 e. The second kappa shape index (κ2) is 9.45. The van der Waals surface area contributed by atoms with Crippen LogP contribution in [0.5, 0.6) is 5.75 Å². The van der Waals surface area contributed by atoms with Gasteiger partial charge in [0.2, 0.25) is 0 Å². The van der Waals surface area contributed by atoms with Crippen molar-refractivity contribution in [3.8, 4) is 11.8 Å². The number of nitrogens with zero attached hydrogens (tertiary/aromatic N) is 2. The summed E-state index contributed by atoms with van der Waals surface area (Å²) in [4.78, 5) is 17.6. The first-order chi connectivity index (χ1) is 16.0. The van der Waals surface area contributed by atoms with Crippen LogP contribution in [0, 0.1) is 28.5 Å². The maximum atomic E-state index is 14.0. The number of hydrogen-bond donors (Lipinski definition) is 1. The van der Waals surface area contributed by atoms with Crippen LogP contribution in [0.15, 0.2) is 47.5 Å². The maximum Gasteiger partial charge on any atom is 0.416 e. The van der Waals surface area contributed by atoms with Crippen molar-refractivity contribution < 1.29 is 32.2 Å². The van der Waals surface area contributed by atoms with Crippen LogP contribution in [0.25, 0.3) is 0 Å². The Morgan fingerprint density at radius 3 is 2.47 bits per heavy atom. The van der Waals surface area contributed by atoms with Crippen molar-refractivity contribution in [2.24, 2.45) is 16.3 Å². The van der Waals surface area contributed by atoms with E-state index in [1.807, 2.05) is 6.07 Å². The summed E-state index contributed by atoms with van der Waals surface area (Å²) >= 11 is 0. The lowest BCUT2D eigenvalue weighted by atomic mass is 9.56. The summed E-state index contributed by atoms with van der Waals surface area (Å²) in [5.41, 5.74) is -3.08. The molecule has 4 atom stereocenters. The van der Waals surface area contributed by atoms with Crippen LogP contribution in [0.4, 0.5) is 17.6 Å². The summed E-state index contributed by atoms with van der Waals surface area (Å²) in [6.07, 6.45) is -4.74. The van der Waals surface area contributed by atoms with Gasteiger partial charge in [0.15, 0.2) is 0 Å². The molecule has 2 aromatic carbocycles. The Hall–Kier alpha value is -3.41. The molecule has 1 aliphatic heterocycles. The molecule has 1 heterocycles. The molecule has 0 radical (unpaired) electrons. The zero-order valence-corrected chi connectivity index (χ0v) is 18.9. The largest absolute Gasteiger partial charge is 0.496 e. The molecule has 0 amide bonds. The van der Waals surface area contributed by atoms with Gasteiger partial charge in [0.1, 0.15) is 17.0 Å². The molecule has 0 fully saturated rings. The van der Waals surface area contributed by atoms with E-state index in [0.29, 0.717) is 23.8 Å². The molecular formula is C25H24F4N2O3. The van der Waals surface area contributed by atoms with Crippen LogP contribution < -0.4 is 4.74 Å². The number of halogens is 4. The second-order valence-electron chi connectivity index (χ2n) is 8.32. The lowest BCUT2D eigenvalue weighted by Crippen LogP contribution is -2.49. The standard InChI is InChI=1S/C25H24F4N2O3/c1-4-11-24(23(32)33)21(16-10-9-15(26)12-19(16)25(27,28)29)18(13-30)14(2)31-22(24)17-7-5-6-8-20(17)34-3/h5-10,12,18,21-22H,4,11H2,1-3H3,(H,32,33). The Morgan fingerprint density at radius 1 is 1.24 bits per heavy atom. The summed E-state index contributed by atoms with van der Waals surface area (Å²) in [6.45, 7) is 3.21. The van der Waals surface area contributed by atoms with Gasteiger partial charge in [-0.25, -0.2) is 4.39 Å². The van der Waals surface area contributed by atoms with Crippen molar-refractivity contribution in [3.05, 3.63) is 65.0 Å². The monoisotopic (exact) mass is 476 g/mol. The number of carbonyl (C=O) groups is 1. The van der Waals surface area contributed by atoms with Crippen molar-refractivity contribution >= 4 is 11.7 Å². The molecule has 0 bridgehead atoms. The summed E-state index contributed by atoms with van der Waals surface area (Å²) < 4.78 is 61.5. The van der Waals surface area contributed by atoms with Gasteiger partial charge in [-0.2, -0.15) is 18.4 Å². The van der Waals surface area contributed by atoms with Gasteiger partial charge < -0.3 is 9.84 Å². The van der Waals surface area contributed by atoms with Crippen molar-refractivity contribution in [1.82, 2.24) is 0 Å². The van der Waals surface area contributed by atoms with Crippen LogP contribution >= 0.6 is 0 Å². The SMILES string of the molecule is CCCC1(C(=O)O)C(c2ccccc2OC)N=C(C)C(C#N)C1c1ccc(F)cc1C(F)(F)F. The average molecular weight is 476 g/mol. The topological polar surface area (TPSA) is 82.7 Å². The van der Waals surface area contributed by atoms with Crippen LogP contribution in [-0.2, 0) is 11.0 Å². The molecule has 0 aliphatic carbocycles. The molecule has 0 aromatic heterocycles. The van der Waals surface area contributed by atoms with E-state index in [-0.39, 0.29) is 12.1 Å². The number of methoxy groups -OCH3 is 1. The van der Waals surface area contributed by atoms with Crippen LogP contribution in [0.1, 0.15) is 55.3 Å². The van der Waals surface area contributed by atoms with Crippen LogP contribution in [-0.4, -0.2) is 23.9 Å². The van der Waals surface area contributed by atoms with E-state index >= 15 is 0 Å².